The molecule has 2 saturated carbocycles. The Morgan fingerprint density at radius 2 is 2.00 bits per heavy atom. The molecular weight excluding hydrogens is 152 g/mol. The molecule has 0 aromatic heterocycles. The molecule has 0 spiro atoms. The minimum atomic E-state index is -0.237. The Labute approximate surface area is 72.7 Å². The maximum Gasteiger partial charge on any atom is 0.237 e. The molecule has 2 rings (SSSR count). The summed E-state index contributed by atoms with van der Waals surface area (Å²) >= 11 is 0. The molecule has 2 aliphatic carbocycles. The molecule has 2 aliphatic rings. The van der Waals surface area contributed by atoms with Crippen molar-refractivity contribution >= 4 is 5.91 Å². The Morgan fingerprint density at radius 1 is 1.33 bits per heavy atom. The molecule has 0 aromatic rings. The minimum absolute atomic E-state index is 0.0715. The van der Waals surface area contributed by atoms with Gasteiger partial charge in [-0.15, -0.1) is 0 Å². The largest absolute Gasteiger partial charge is 0.352 e. The van der Waals surface area contributed by atoms with Crippen molar-refractivity contribution in [2.75, 3.05) is 0 Å². The molecule has 12 heavy (non-hydrogen) atoms. The molecule has 0 heterocycles. The first kappa shape index (κ1) is 8.05. The van der Waals surface area contributed by atoms with E-state index in [1.807, 2.05) is 0 Å². The molecule has 0 radical (unpaired) electrons. The van der Waals surface area contributed by atoms with Crippen LogP contribution in [0.25, 0.3) is 0 Å². The number of amides is 1. The molecule has 68 valence electrons. The van der Waals surface area contributed by atoms with Crippen LogP contribution in [0.2, 0.25) is 0 Å². The van der Waals surface area contributed by atoms with Crippen LogP contribution >= 0.6 is 0 Å². The first-order valence-corrected chi connectivity index (χ1v) is 4.83. The van der Waals surface area contributed by atoms with Gasteiger partial charge in [-0.3, -0.25) is 4.79 Å². The molecule has 3 nitrogen and oxygen atoms in total. The molecule has 0 saturated heterocycles. The van der Waals surface area contributed by atoms with Crippen molar-refractivity contribution in [3.8, 4) is 0 Å². The standard InChI is InChI=1S/C9H16N2O/c10-8(6-2-1-3-6)9(12)11-7-4-5-7/h6-8H,1-5,10H2,(H,11,12). The molecule has 1 amide bonds. The number of carbonyl (C=O) groups is 1. The van der Waals surface area contributed by atoms with Crippen LogP contribution in [0.15, 0.2) is 0 Å². The predicted molar refractivity (Wildman–Crippen MR) is 46.5 cm³/mol. The first-order chi connectivity index (χ1) is 5.77. The number of nitrogens with two attached hydrogens (primary N) is 1. The van der Waals surface area contributed by atoms with Gasteiger partial charge in [0.1, 0.15) is 0 Å². The van der Waals surface area contributed by atoms with Crippen molar-refractivity contribution in [2.24, 2.45) is 11.7 Å². The summed E-state index contributed by atoms with van der Waals surface area (Å²) in [4.78, 5) is 11.4. The molecule has 2 fully saturated rings. The number of hydrogen-bond donors (Lipinski definition) is 2. The maximum atomic E-state index is 11.4. The van der Waals surface area contributed by atoms with Gasteiger partial charge < -0.3 is 11.1 Å². The van der Waals surface area contributed by atoms with Crippen LogP contribution in [0.3, 0.4) is 0 Å². The van der Waals surface area contributed by atoms with Gasteiger partial charge >= 0.3 is 0 Å². The lowest BCUT2D eigenvalue weighted by Gasteiger charge is -2.30. The van der Waals surface area contributed by atoms with E-state index >= 15 is 0 Å². The van der Waals surface area contributed by atoms with E-state index in [-0.39, 0.29) is 11.9 Å². The highest BCUT2D eigenvalue weighted by molar-refractivity contribution is 5.82. The average Bonchev–Trinajstić information content (AvgIpc) is 2.67. The number of carbonyl (C=O) groups excluding carboxylic acids is 1. The Hall–Kier alpha value is -0.570. The fourth-order valence-electron chi connectivity index (χ4n) is 1.54. The van der Waals surface area contributed by atoms with E-state index in [4.69, 9.17) is 5.73 Å². The summed E-state index contributed by atoms with van der Waals surface area (Å²) in [6, 6.07) is 0.211. The SMILES string of the molecule is NC(C(=O)NC1CC1)C1CCC1. The zero-order chi connectivity index (χ0) is 8.55. The third kappa shape index (κ3) is 1.61. The third-order valence-electron chi connectivity index (χ3n) is 2.88. The molecule has 3 heteroatoms. The van der Waals surface area contributed by atoms with Gasteiger partial charge in [-0.05, 0) is 31.6 Å². The molecule has 1 atom stereocenters. The lowest BCUT2D eigenvalue weighted by Crippen LogP contribution is -2.48. The van der Waals surface area contributed by atoms with Crippen molar-refractivity contribution in [2.45, 2.75) is 44.2 Å². The van der Waals surface area contributed by atoms with Crippen molar-refractivity contribution in [1.82, 2.24) is 5.32 Å². The van der Waals surface area contributed by atoms with Gasteiger partial charge in [0.15, 0.2) is 0 Å². The highest BCUT2D eigenvalue weighted by atomic mass is 16.2. The van der Waals surface area contributed by atoms with E-state index in [2.05, 4.69) is 5.32 Å². The van der Waals surface area contributed by atoms with Crippen LogP contribution in [0.5, 0.6) is 0 Å². The summed E-state index contributed by atoms with van der Waals surface area (Å²) in [5.74, 6) is 0.533. The van der Waals surface area contributed by atoms with E-state index in [1.54, 1.807) is 0 Å². The highest BCUT2D eigenvalue weighted by Crippen LogP contribution is 2.29. The van der Waals surface area contributed by atoms with Gasteiger partial charge in [-0.25, -0.2) is 0 Å². The van der Waals surface area contributed by atoms with Gasteiger partial charge in [0.05, 0.1) is 6.04 Å². The van der Waals surface area contributed by atoms with Crippen LogP contribution in [-0.4, -0.2) is 18.0 Å². The quantitative estimate of drug-likeness (QED) is 0.640. The first-order valence-electron chi connectivity index (χ1n) is 4.83. The smallest absolute Gasteiger partial charge is 0.237 e. The van der Waals surface area contributed by atoms with Gasteiger partial charge in [0.25, 0.3) is 0 Å². The van der Waals surface area contributed by atoms with Crippen LogP contribution < -0.4 is 11.1 Å². The van der Waals surface area contributed by atoms with E-state index in [0.717, 1.165) is 25.7 Å². The number of nitrogens with one attached hydrogen (secondary N) is 1. The van der Waals surface area contributed by atoms with Crippen LogP contribution in [0.1, 0.15) is 32.1 Å². The van der Waals surface area contributed by atoms with Gasteiger partial charge in [-0.1, -0.05) is 6.42 Å². The van der Waals surface area contributed by atoms with Gasteiger partial charge in [-0.2, -0.15) is 0 Å². The molecule has 3 N–H and O–H groups in total. The second kappa shape index (κ2) is 3.05. The summed E-state index contributed by atoms with van der Waals surface area (Å²) in [5, 5.41) is 2.94. The second-order valence-electron chi connectivity index (χ2n) is 4.00. The number of hydrogen-bond acceptors (Lipinski definition) is 2. The summed E-state index contributed by atoms with van der Waals surface area (Å²) in [6.07, 6.45) is 5.81. The summed E-state index contributed by atoms with van der Waals surface area (Å²) in [5.41, 5.74) is 5.79. The van der Waals surface area contributed by atoms with Gasteiger partial charge in [0.2, 0.25) is 5.91 Å². The third-order valence-corrected chi connectivity index (χ3v) is 2.88. The van der Waals surface area contributed by atoms with Crippen molar-refractivity contribution < 1.29 is 4.79 Å². The van der Waals surface area contributed by atoms with E-state index in [1.165, 1.54) is 6.42 Å². The molecular formula is C9H16N2O. The monoisotopic (exact) mass is 168 g/mol. The zero-order valence-corrected chi connectivity index (χ0v) is 7.25. The molecule has 0 aromatic carbocycles. The number of rotatable bonds is 3. The normalized spacial score (nSPS) is 26.1. The Kier molecular flexibility index (Phi) is 2.05. The molecule has 0 bridgehead atoms. The van der Waals surface area contributed by atoms with E-state index in [9.17, 15) is 4.79 Å². The molecule has 1 unspecified atom stereocenters. The van der Waals surface area contributed by atoms with Crippen molar-refractivity contribution in [1.29, 1.82) is 0 Å². The Bertz CT molecular complexity index is 185. The van der Waals surface area contributed by atoms with Crippen molar-refractivity contribution in [3.05, 3.63) is 0 Å². The Balaban J connectivity index is 1.76. The lowest BCUT2D eigenvalue weighted by molar-refractivity contribution is -0.124. The van der Waals surface area contributed by atoms with Crippen molar-refractivity contribution in [3.63, 3.8) is 0 Å². The van der Waals surface area contributed by atoms with E-state index < -0.39 is 0 Å². The van der Waals surface area contributed by atoms with Gasteiger partial charge in [0, 0.05) is 6.04 Å². The maximum absolute atomic E-state index is 11.4. The van der Waals surface area contributed by atoms with Crippen LogP contribution in [0, 0.1) is 5.92 Å². The topological polar surface area (TPSA) is 55.1 Å². The van der Waals surface area contributed by atoms with Crippen LogP contribution in [0.4, 0.5) is 0 Å². The van der Waals surface area contributed by atoms with E-state index in [0.29, 0.717) is 12.0 Å². The predicted octanol–water partition coefficient (Wildman–Crippen LogP) is 0.392. The average molecular weight is 168 g/mol. The zero-order valence-electron chi connectivity index (χ0n) is 7.25. The fourth-order valence-corrected chi connectivity index (χ4v) is 1.54. The minimum Gasteiger partial charge on any atom is -0.352 e. The lowest BCUT2D eigenvalue weighted by atomic mass is 9.80. The highest BCUT2D eigenvalue weighted by Gasteiger charge is 2.32. The fraction of sp³-hybridized carbons (Fsp3) is 0.889. The summed E-state index contributed by atoms with van der Waals surface area (Å²) < 4.78 is 0. The second-order valence-corrected chi connectivity index (χ2v) is 4.00. The van der Waals surface area contributed by atoms with Crippen LogP contribution in [-0.2, 0) is 4.79 Å². The molecule has 0 aliphatic heterocycles. The Morgan fingerprint density at radius 3 is 2.42 bits per heavy atom. The summed E-state index contributed by atoms with van der Waals surface area (Å²) in [6.45, 7) is 0. The summed E-state index contributed by atoms with van der Waals surface area (Å²) in [7, 11) is 0.